The van der Waals surface area contributed by atoms with Crippen LogP contribution in [0.2, 0.25) is 0 Å². The van der Waals surface area contributed by atoms with E-state index in [0.29, 0.717) is 22.5 Å². The van der Waals surface area contributed by atoms with Gasteiger partial charge in [0, 0.05) is 40.9 Å². The second-order valence-electron chi connectivity index (χ2n) is 9.14. The molecule has 0 atom stereocenters. The van der Waals surface area contributed by atoms with Gasteiger partial charge >= 0.3 is 5.97 Å². The third kappa shape index (κ3) is 4.31. The fourth-order valence-corrected chi connectivity index (χ4v) is 4.65. The average molecular weight is 507 g/mol. The predicted octanol–water partition coefficient (Wildman–Crippen LogP) is 6.19. The molecule has 9 heteroatoms. The number of hydrogen-bond acceptors (Lipinski definition) is 5. The molecule has 0 spiro atoms. The molecular formula is C28H24F2N2O5. The number of halogens is 2. The number of phenols is 1. The first-order valence-electron chi connectivity index (χ1n) is 11.2. The lowest BCUT2D eigenvalue weighted by molar-refractivity contribution is 0.0693. The normalized spacial score (nSPS) is 11.4. The molecule has 37 heavy (non-hydrogen) atoms. The Balaban J connectivity index is 2.25. The molecule has 1 aromatic heterocycles. The van der Waals surface area contributed by atoms with E-state index in [1.807, 2.05) is 0 Å². The molecule has 0 aliphatic heterocycles. The number of nitriles is 1. The molecular weight excluding hydrogens is 482 g/mol. The van der Waals surface area contributed by atoms with Gasteiger partial charge in [-0.15, -0.1) is 0 Å². The Morgan fingerprint density at radius 1 is 1.05 bits per heavy atom. The highest BCUT2D eigenvalue weighted by Crippen LogP contribution is 2.48. The summed E-state index contributed by atoms with van der Waals surface area (Å²) in [7, 11) is 2.67. The van der Waals surface area contributed by atoms with Crippen molar-refractivity contribution in [2.45, 2.75) is 25.7 Å². The number of methoxy groups -OCH3 is 2. The molecule has 0 unspecified atom stereocenters. The highest BCUT2D eigenvalue weighted by Gasteiger charge is 2.34. The zero-order valence-corrected chi connectivity index (χ0v) is 20.6. The van der Waals surface area contributed by atoms with Crippen molar-refractivity contribution in [1.29, 1.82) is 5.26 Å². The summed E-state index contributed by atoms with van der Waals surface area (Å²) in [6, 6.07) is 13.0. The minimum absolute atomic E-state index is 0.0276. The van der Waals surface area contributed by atoms with E-state index in [9.17, 15) is 29.1 Å². The van der Waals surface area contributed by atoms with Crippen LogP contribution in [0.1, 0.15) is 36.3 Å². The Morgan fingerprint density at radius 2 is 1.76 bits per heavy atom. The van der Waals surface area contributed by atoms with E-state index in [2.05, 4.69) is 6.07 Å². The van der Waals surface area contributed by atoms with Crippen molar-refractivity contribution >= 4 is 16.9 Å². The lowest BCUT2D eigenvalue weighted by Gasteiger charge is -2.27. The van der Waals surface area contributed by atoms with E-state index in [1.54, 1.807) is 24.5 Å². The van der Waals surface area contributed by atoms with Gasteiger partial charge in [0.1, 0.15) is 22.9 Å². The van der Waals surface area contributed by atoms with Crippen LogP contribution in [0.5, 0.6) is 17.2 Å². The number of benzene rings is 3. The molecule has 0 saturated heterocycles. The quantitative estimate of drug-likeness (QED) is 0.310. The SMILES string of the molecule is COc1cc(-n2c(C(C)(C)CC#N)c(-c3ccc(OC)c(C(=O)O)c3)c3c(O)cc(F)cc32)ccc1F. The number of hydrogen-bond donors (Lipinski definition) is 2. The topological polar surface area (TPSA) is 105 Å². The number of fused-ring (bicyclic) bond motifs is 1. The molecule has 2 N–H and O–H groups in total. The van der Waals surface area contributed by atoms with Crippen LogP contribution in [0, 0.1) is 23.0 Å². The molecule has 1 heterocycles. The predicted molar refractivity (Wildman–Crippen MR) is 134 cm³/mol. The number of aromatic hydroxyl groups is 1. The maximum atomic E-state index is 14.7. The molecule has 0 fully saturated rings. The van der Waals surface area contributed by atoms with E-state index >= 15 is 0 Å². The highest BCUT2D eigenvalue weighted by molar-refractivity contribution is 6.05. The van der Waals surface area contributed by atoms with E-state index in [1.165, 1.54) is 50.6 Å². The Kier molecular flexibility index (Phi) is 6.53. The van der Waals surface area contributed by atoms with Crippen molar-refractivity contribution < 1.29 is 33.3 Å². The van der Waals surface area contributed by atoms with Gasteiger partial charge in [0.25, 0.3) is 0 Å². The molecule has 4 aromatic rings. The summed E-state index contributed by atoms with van der Waals surface area (Å²) < 4.78 is 40.9. The average Bonchev–Trinajstić information content (AvgIpc) is 3.20. The largest absolute Gasteiger partial charge is 0.507 e. The minimum Gasteiger partial charge on any atom is -0.507 e. The number of phenolic OH excluding ortho intramolecular Hbond substituents is 1. The van der Waals surface area contributed by atoms with E-state index < -0.39 is 23.0 Å². The first kappa shape index (κ1) is 25.5. The third-order valence-corrected chi connectivity index (χ3v) is 6.29. The number of aromatic nitrogens is 1. The number of ether oxygens (including phenoxy) is 2. The van der Waals surface area contributed by atoms with Gasteiger partial charge in [-0.05, 0) is 35.9 Å². The van der Waals surface area contributed by atoms with Gasteiger partial charge in [0.15, 0.2) is 11.6 Å². The van der Waals surface area contributed by atoms with Crippen molar-refractivity contribution in [2.75, 3.05) is 14.2 Å². The molecule has 0 bridgehead atoms. The van der Waals surface area contributed by atoms with Gasteiger partial charge in [-0.2, -0.15) is 5.26 Å². The summed E-state index contributed by atoms with van der Waals surface area (Å²) in [4.78, 5) is 12.0. The Labute approximate surface area is 211 Å². The van der Waals surface area contributed by atoms with E-state index in [0.717, 1.165) is 6.07 Å². The molecule has 0 saturated carbocycles. The summed E-state index contributed by atoms with van der Waals surface area (Å²) in [6.45, 7) is 3.61. The van der Waals surface area contributed by atoms with Gasteiger partial charge in [0.2, 0.25) is 0 Å². The van der Waals surface area contributed by atoms with E-state index in [4.69, 9.17) is 9.47 Å². The van der Waals surface area contributed by atoms with Gasteiger partial charge < -0.3 is 24.3 Å². The minimum atomic E-state index is -1.22. The number of nitrogens with zero attached hydrogens (tertiary/aromatic N) is 2. The van der Waals surface area contributed by atoms with Gasteiger partial charge in [0.05, 0.1) is 31.2 Å². The van der Waals surface area contributed by atoms with Crippen LogP contribution in [0.3, 0.4) is 0 Å². The molecule has 0 aliphatic carbocycles. The molecule has 190 valence electrons. The molecule has 0 aliphatic rings. The van der Waals surface area contributed by atoms with Crippen LogP contribution in [0.25, 0.3) is 27.7 Å². The molecule has 7 nitrogen and oxygen atoms in total. The van der Waals surface area contributed by atoms with Crippen LogP contribution in [-0.2, 0) is 5.41 Å². The van der Waals surface area contributed by atoms with Crippen molar-refractivity contribution in [2.24, 2.45) is 0 Å². The fraction of sp³-hybridized carbons (Fsp3) is 0.214. The summed E-state index contributed by atoms with van der Waals surface area (Å²) >= 11 is 0. The number of carboxylic acids is 1. The third-order valence-electron chi connectivity index (χ3n) is 6.29. The Hall–Kier alpha value is -4.58. The zero-order valence-electron chi connectivity index (χ0n) is 20.6. The number of carbonyl (C=O) groups is 1. The smallest absolute Gasteiger partial charge is 0.339 e. The Bertz CT molecular complexity index is 1580. The van der Waals surface area contributed by atoms with Gasteiger partial charge in [-0.3, -0.25) is 0 Å². The summed E-state index contributed by atoms with van der Waals surface area (Å²) in [6.07, 6.45) is 0.0276. The first-order valence-corrected chi connectivity index (χ1v) is 11.2. The summed E-state index contributed by atoms with van der Waals surface area (Å²) in [5, 5.41) is 30.6. The standard InChI is InChI=1S/C28H24F2N2O5/c1-28(2,9-10-31)26-24(15-5-8-22(36-3)18(11-15)27(34)35)25-20(12-16(29)13-21(25)33)32(26)17-6-7-19(30)23(14-17)37-4/h5-8,11-14,33H,9H2,1-4H3,(H,34,35). The first-order chi connectivity index (χ1) is 17.5. The van der Waals surface area contributed by atoms with Crippen LogP contribution in [0.15, 0.2) is 48.5 Å². The number of aromatic carboxylic acids is 1. The number of rotatable bonds is 7. The summed E-state index contributed by atoms with van der Waals surface area (Å²) in [5.74, 6) is -2.83. The number of carboxylic acid groups (broad SMARTS) is 1. The van der Waals surface area contributed by atoms with Crippen LogP contribution in [-0.4, -0.2) is 35.0 Å². The maximum absolute atomic E-state index is 14.7. The monoisotopic (exact) mass is 506 g/mol. The second kappa shape index (κ2) is 9.47. The second-order valence-corrected chi connectivity index (χ2v) is 9.14. The zero-order chi connectivity index (χ0) is 27.1. The van der Waals surface area contributed by atoms with Crippen molar-refractivity contribution in [1.82, 2.24) is 4.57 Å². The maximum Gasteiger partial charge on any atom is 0.339 e. The van der Waals surface area contributed by atoms with Crippen molar-refractivity contribution in [3.8, 4) is 40.1 Å². The highest BCUT2D eigenvalue weighted by atomic mass is 19.1. The van der Waals surface area contributed by atoms with Gasteiger partial charge in [-0.1, -0.05) is 19.9 Å². The summed E-state index contributed by atoms with van der Waals surface area (Å²) in [5.41, 5.74) is 0.925. The Morgan fingerprint density at radius 3 is 2.38 bits per heavy atom. The fourth-order valence-electron chi connectivity index (χ4n) is 4.65. The van der Waals surface area contributed by atoms with Crippen LogP contribution in [0.4, 0.5) is 8.78 Å². The lowest BCUT2D eigenvalue weighted by Crippen LogP contribution is -2.22. The lowest BCUT2D eigenvalue weighted by atomic mass is 9.81. The van der Waals surface area contributed by atoms with Gasteiger partial charge in [-0.25, -0.2) is 13.6 Å². The molecule has 0 amide bonds. The van der Waals surface area contributed by atoms with Crippen LogP contribution < -0.4 is 9.47 Å². The van der Waals surface area contributed by atoms with Crippen molar-refractivity contribution in [3.63, 3.8) is 0 Å². The molecule has 0 radical (unpaired) electrons. The van der Waals surface area contributed by atoms with Crippen molar-refractivity contribution in [3.05, 3.63) is 71.4 Å². The van der Waals surface area contributed by atoms with Crippen LogP contribution >= 0.6 is 0 Å². The molecule has 3 aromatic carbocycles. The van der Waals surface area contributed by atoms with E-state index in [-0.39, 0.29) is 40.1 Å². The molecule has 4 rings (SSSR count).